The molecular formula is C16H26N4OS. The average molecular weight is 322 g/mol. The first-order chi connectivity index (χ1) is 10.7. The quantitative estimate of drug-likeness (QED) is 0.874. The Morgan fingerprint density at radius 2 is 2.05 bits per heavy atom. The van der Waals surface area contributed by atoms with Crippen LogP contribution in [0.5, 0.6) is 0 Å². The van der Waals surface area contributed by atoms with Gasteiger partial charge >= 0.3 is 0 Å². The van der Waals surface area contributed by atoms with E-state index in [2.05, 4.69) is 15.2 Å². The zero-order valence-corrected chi connectivity index (χ0v) is 13.9. The lowest BCUT2D eigenvalue weighted by molar-refractivity contribution is 0.0948. The van der Waals surface area contributed by atoms with Crippen molar-refractivity contribution >= 4 is 22.4 Å². The molecule has 3 rings (SSSR count). The number of piperidine rings is 1. The number of carbonyl (C=O) groups excluding carboxylic acids is 1. The maximum absolute atomic E-state index is 11.9. The Balaban J connectivity index is 1.34. The van der Waals surface area contributed by atoms with Crippen molar-refractivity contribution in [3.8, 4) is 0 Å². The minimum atomic E-state index is -0.0439. The molecule has 1 aliphatic heterocycles. The maximum Gasteiger partial charge on any atom is 0.263 e. The van der Waals surface area contributed by atoms with Crippen molar-refractivity contribution in [1.29, 1.82) is 0 Å². The first kappa shape index (κ1) is 15.7. The SMILES string of the molecule is Nc1ncc(C(=O)NCCC2CCN(C3CCCC3)CC2)s1. The van der Waals surface area contributed by atoms with Gasteiger partial charge in [0, 0.05) is 12.6 Å². The molecule has 122 valence electrons. The number of carbonyl (C=O) groups is 1. The Morgan fingerprint density at radius 3 is 2.68 bits per heavy atom. The van der Waals surface area contributed by atoms with E-state index in [4.69, 9.17) is 5.73 Å². The molecule has 2 fully saturated rings. The van der Waals surface area contributed by atoms with Crippen LogP contribution in [0.3, 0.4) is 0 Å². The van der Waals surface area contributed by atoms with Gasteiger partial charge in [0.2, 0.25) is 0 Å². The summed E-state index contributed by atoms with van der Waals surface area (Å²) in [6.07, 6.45) is 10.8. The van der Waals surface area contributed by atoms with E-state index in [-0.39, 0.29) is 5.91 Å². The van der Waals surface area contributed by atoms with Gasteiger partial charge in [-0.1, -0.05) is 24.2 Å². The smallest absolute Gasteiger partial charge is 0.263 e. The highest BCUT2D eigenvalue weighted by molar-refractivity contribution is 7.17. The van der Waals surface area contributed by atoms with Crippen LogP contribution < -0.4 is 11.1 Å². The normalized spacial score (nSPS) is 21.3. The summed E-state index contributed by atoms with van der Waals surface area (Å²) < 4.78 is 0. The van der Waals surface area contributed by atoms with E-state index in [1.165, 1.54) is 63.0 Å². The number of nitrogens with one attached hydrogen (secondary N) is 1. The predicted molar refractivity (Wildman–Crippen MR) is 90.0 cm³/mol. The van der Waals surface area contributed by atoms with Gasteiger partial charge in [-0.25, -0.2) is 4.98 Å². The van der Waals surface area contributed by atoms with Gasteiger partial charge < -0.3 is 16.0 Å². The van der Waals surface area contributed by atoms with Gasteiger partial charge in [-0.3, -0.25) is 4.79 Å². The molecule has 1 aromatic heterocycles. The molecule has 6 heteroatoms. The van der Waals surface area contributed by atoms with E-state index < -0.39 is 0 Å². The molecule has 1 saturated heterocycles. The lowest BCUT2D eigenvalue weighted by Crippen LogP contribution is -2.40. The van der Waals surface area contributed by atoms with Gasteiger partial charge in [-0.05, 0) is 51.1 Å². The third-order valence-corrected chi connectivity index (χ3v) is 5.90. The van der Waals surface area contributed by atoms with Crippen LogP contribution in [0.1, 0.15) is 54.6 Å². The fourth-order valence-corrected chi connectivity index (χ4v) is 4.35. The van der Waals surface area contributed by atoms with Crippen molar-refractivity contribution in [3.05, 3.63) is 11.1 Å². The lowest BCUT2D eigenvalue weighted by atomic mass is 9.92. The van der Waals surface area contributed by atoms with Gasteiger partial charge in [0.05, 0.1) is 6.20 Å². The molecule has 0 bridgehead atoms. The molecule has 3 N–H and O–H groups in total. The lowest BCUT2D eigenvalue weighted by Gasteiger charge is -2.36. The molecular weight excluding hydrogens is 296 g/mol. The largest absolute Gasteiger partial charge is 0.375 e. The minimum absolute atomic E-state index is 0.0439. The van der Waals surface area contributed by atoms with E-state index in [9.17, 15) is 4.79 Å². The Hall–Kier alpha value is -1.14. The summed E-state index contributed by atoms with van der Waals surface area (Å²) in [6, 6.07) is 0.859. The molecule has 1 aliphatic carbocycles. The molecule has 1 saturated carbocycles. The average Bonchev–Trinajstić information content (AvgIpc) is 3.19. The van der Waals surface area contributed by atoms with Crippen LogP contribution in [0.4, 0.5) is 5.13 Å². The van der Waals surface area contributed by atoms with Crippen molar-refractivity contribution in [3.63, 3.8) is 0 Å². The molecule has 0 spiro atoms. The number of nitrogens with two attached hydrogens (primary N) is 1. The fraction of sp³-hybridized carbons (Fsp3) is 0.750. The first-order valence-electron chi connectivity index (χ1n) is 8.46. The third kappa shape index (κ3) is 3.98. The van der Waals surface area contributed by atoms with Crippen LogP contribution in [0.2, 0.25) is 0 Å². The molecule has 1 amide bonds. The van der Waals surface area contributed by atoms with E-state index in [1.54, 1.807) is 6.20 Å². The molecule has 0 aromatic carbocycles. The zero-order chi connectivity index (χ0) is 15.4. The number of thiazole rings is 1. The van der Waals surface area contributed by atoms with E-state index in [0.29, 0.717) is 10.0 Å². The third-order valence-electron chi connectivity index (χ3n) is 5.08. The van der Waals surface area contributed by atoms with Crippen molar-refractivity contribution in [2.75, 3.05) is 25.4 Å². The van der Waals surface area contributed by atoms with E-state index in [1.807, 2.05) is 0 Å². The number of likely N-dealkylation sites (tertiary alicyclic amines) is 1. The fourth-order valence-electron chi connectivity index (χ4n) is 3.75. The molecule has 0 atom stereocenters. The minimum Gasteiger partial charge on any atom is -0.375 e. The van der Waals surface area contributed by atoms with Crippen LogP contribution in [-0.2, 0) is 0 Å². The highest BCUT2D eigenvalue weighted by Crippen LogP contribution is 2.28. The number of aromatic nitrogens is 1. The van der Waals surface area contributed by atoms with Crippen LogP contribution >= 0.6 is 11.3 Å². The highest BCUT2D eigenvalue weighted by Gasteiger charge is 2.26. The van der Waals surface area contributed by atoms with Crippen molar-refractivity contribution in [2.24, 2.45) is 5.92 Å². The molecule has 22 heavy (non-hydrogen) atoms. The van der Waals surface area contributed by atoms with Gasteiger partial charge in [-0.15, -0.1) is 0 Å². The van der Waals surface area contributed by atoms with Crippen LogP contribution in [0.15, 0.2) is 6.20 Å². The monoisotopic (exact) mass is 322 g/mol. The zero-order valence-electron chi connectivity index (χ0n) is 13.1. The molecule has 1 aromatic rings. The summed E-state index contributed by atoms with van der Waals surface area (Å²) >= 11 is 1.24. The molecule has 0 radical (unpaired) electrons. The maximum atomic E-state index is 11.9. The highest BCUT2D eigenvalue weighted by atomic mass is 32.1. The Kier molecular flexibility index (Phi) is 5.31. The summed E-state index contributed by atoms with van der Waals surface area (Å²) in [6.45, 7) is 3.24. The summed E-state index contributed by atoms with van der Waals surface area (Å²) in [5, 5.41) is 3.44. The van der Waals surface area contributed by atoms with Crippen molar-refractivity contribution in [2.45, 2.75) is 51.0 Å². The number of anilines is 1. The summed E-state index contributed by atoms with van der Waals surface area (Å²) in [4.78, 5) is 19.1. The number of nitrogens with zero attached hydrogens (tertiary/aromatic N) is 2. The second-order valence-electron chi connectivity index (χ2n) is 6.52. The van der Waals surface area contributed by atoms with Crippen LogP contribution in [-0.4, -0.2) is 41.5 Å². The molecule has 5 nitrogen and oxygen atoms in total. The Morgan fingerprint density at radius 1 is 1.32 bits per heavy atom. The van der Waals surface area contributed by atoms with Crippen LogP contribution in [0, 0.1) is 5.92 Å². The number of hydrogen-bond acceptors (Lipinski definition) is 5. The van der Waals surface area contributed by atoms with Crippen molar-refractivity contribution in [1.82, 2.24) is 15.2 Å². The Labute approximate surface area is 136 Å². The van der Waals surface area contributed by atoms with Crippen LogP contribution in [0.25, 0.3) is 0 Å². The topological polar surface area (TPSA) is 71.2 Å². The van der Waals surface area contributed by atoms with Gasteiger partial charge in [-0.2, -0.15) is 0 Å². The second-order valence-corrected chi connectivity index (χ2v) is 7.59. The van der Waals surface area contributed by atoms with Gasteiger partial charge in [0.15, 0.2) is 5.13 Å². The number of nitrogen functional groups attached to an aromatic ring is 1. The number of amides is 1. The molecule has 2 aliphatic rings. The number of hydrogen-bond donors (Lipinski definition) is 2. The molecule has 2 heterocycles. The number of rotatable bonds is 5. The predicted octanol–water partition coefficient (Wildman–Crippen LogP) is 2.50. The first-order valence-corrected chi connectivity index (χ1v) is 9.27. The summed E-state index contributed by atoms with van der Waals surface area (Å²) in [7, 11) is 0. The van der Waals surface area contributed by atoms with Crippen molar-refractivity contribution < 1.29 is 4.79 Å². The summed E-state index contributed by atoms with van der Waals surface area (Å²) in [5.74, 6) is 0.710. The van der Waals surface area contributed by atoms with Gasteiger partial charge in [0.25, 0.3) is 5.91 Å². The van der Waals surface area contributed by atoms with E-state index >= 15 is 0 Å². The summed E-state index contributed by atoms with van der Waals surface area (Å²) in [5.41, 5.74) is 5.55. The standard InChI is InChI=1S/C16H26N4OS/c17-16-19-11-14(22-16)15(21)18-8-5-12-6-9-20(10-7-12)13-3-1-2-4-13/h11-13H,1-10H2,(H2,17,19)(H,18,21). The Bertz CT molecular complexity index is 490. The van der Waals surface area contributed by atoms with E-state index in [0.717, 1.165) is 24.9 Å². The second kappa shape index (κ2) is 7.42. The van der Waals surface area contributed by atoms with Gasteiger partial charge in [0.1, 0.15) is 4.88 Å². The molecule has 0 unspecified atom stereocenters.